The zero-order valence-corrected chi connectivity index (χ0v) is 18.8. The minimum atomic E-state index is -3.00. The van der Waals surface area contributed by atoms with Gasteiger partial charge in [0, 0.05) is 18.6 Å². The number of rotatable bonds is 9. The summed E-state index contributed by atoms with van der Waals surface area (Å²) in [5, 5.41) is 3.41. The molecular formula is C22H36N2O3S. The van der Waals surface area contributed by atoms with Crippen LogP contribution in [0.1, 0.15) is 58.2 Å². The van der Waals surface area contributed by atoms with Gasteiger partial charge in [0.05, 0.1) is 18.1 Å². The Kier molecular flexibility index (Phi) is 8.07. The van der Waals surface area contributed by atoms with Gasteiger partial charge in [0.2, 0.25) is 5.91 Å². The molecular weight excluding hydrogens is 372 g/mol. The summed E-state index contributed by atoms with van der Waals surface area (Å²) in [5.41, 5.74) is 2.51. The van der Waals surface area contributed by atoms with E-state index >= 15 is 0 Å². The number of amides is 1. The minimum absolute atomic E-state index is 0.0216. The van der Waals surface area contributed by atoms with Gasteiger partial charge in [-0.25, -0.2) is 8.42 Å². The second kappa shape index (κ2) is 9.88. The molecule has 158 valence electrons. The number of nitrogens with zero attached hydrogens (tertiary/aromatic N) is 1. The Bertz CT molecular complexity index is 742. The number of hydrogen-bond donors (Lipinski definition) is 1. The van der Waals surface area contributed by atoms with Crippen LogP contribution in [-0.2, 0) is 21.1 Å². The highest BCUT2D eigenvalue weighted by Crippen LogP contribution is 2.23. The Morgan fingerprint density at radius 2 is 1.82 bits per heavy atom. The van der Waals surface area contributed by atoms with Crippen LogP contribution in [0.4, 0.5) is 0 Å². The van der Waals surface area contributed by atoms with Crippen LogP contribution >= 0.6 is 0 Å². The van der Waals surface area contributed by atoms with Crippen LogP contribution in [0.3, 0.4) is 0 Å². The van der Waals surface area contributed by atoms with Crippen molar-refractivity contribution in [2.45, 2.75) is 59.5 Å². The summed E-state index contributed by atoms with van der Waals surface area (Å²) in [5.74, 6) is 1.23. The molecule has 1 aromatic carbocycles. The number of carbonyl (C=O) groups excluding carboxylic acids is 1. The van der Waals surface area contributed by atoms with E-state index in [9.17, 15) is 13.2 Å². The first-order chi connectivity index (χ1) is 13.1. The highest BCUT2D eigenvalue weighted by atomic mass is 32.2. The zero-order chi connectivity index (χ0) is 20.9. The Labute approximate surface area is 170 Å². The van der Waals surface area contributed by atoms with Gasteiger partial charge in [-0.15, -0.1) is 0 Å². The van der Waals surface area contributed by atoms with Crippen molar-refractivity contribution < 1.29 is 13.2 Å². The fourth-order valence-corrected chi connectivity index (χ4v) is 5.76. The van der Waals surface area contributed by atoms with Gasteiger partial charge in [-0.05, 0) is 42.7 Å². The maximum Gasteiger partial charge on any atom is 0.236 e. The fourth-order valence-electron chi connectivity index (χ4n) is 4.03. The lowest BCUT2D eigenvalue weighted by atomic mass is 9.93. The lowest BCUT2D eigenvalue weighted by Gasteiger charge is -2.29. The SMILES string of the molecule is CCN(C(=O)CNC(c1ccc(CC(C)C)cc1)C(C)C)C1CCS(=O)(=O)C1. The van der Waals surface area contributed by atoms with Crippen LogP contribution in [0.2, 0.25) is 0 Å². The topological polar surface area (TPSA) is 66.5 Å². The predicted molar refractivity (Wildman–Crippen MR) is 115 cm³/mol. The average molecular weight is 409 g/mol. The molecule has 0 saturated carbocycles. The van der Waals surface area contributed by atoms with Gasteiger partial charge in [-0.2, -0.15) is 0 Å². The predicted octanol–water partition coefficient (Wildman–Crippen LogP) is 3.21. The molecule has 1 aliphatic rings. The third kappa shape index (κ3) is 6.31. The van der Waals surface area contributed by atoms with Crippen LogP contribution in [0, 0.1) is 11.8 Å². The molecule has 0 aromatic heterocycles. The van der Waals surface area contributed by atoms with Crippen LogP contribution in [0.25, 0.3) is 0 Å². The summed E-state index contributed by atoms with van der Waals surface area (Å²) in [7, 11) is -3.00. The van der Waals surface area contributed by atoms with Crippen molar-refractivity contribution in [3.05, 3.63) is 35.4 Å². The van der Waals surface area contributed by atoms with Gasteiger partial charge >= 0.3 is 0 Å². The van der Waals surface area contributed by atoms with Crippen molar-refractivity contribution >= 4 is 15.7 Å². The lowest BCUT2D eigenvalue weighted by Crippen LogP contribution is -2.46. The van der Waals surface area contributed by atoms with Crippen LogP contribution in [0.15, 0.2) is 24.3 Å². The maximum atomic E-state index is 12.8. The Hall–Kier alpha value is -1.40. The molecule has 1 aromatic rings. The number of likely N-dealkylation sites (N-methyl/N-ethyl adjacent to an activating group) is 1. The molecule has 6 heteroatoms. The second-order valence-electron chi connectivity index (χ2n) is 8.68. The summed E-state index contributed by atoms with van der Waals surface area (Å²) < 4.78 is 23.5. The summed E-state index contributed by atoms with van der Waals surface area (Å²) in [6.45, 7) is 11.4. The third-order valence-electron chi connectivity index (χ3n) is 5.43. The van der Waals surface area contributed by atoms with E-state index in [4.69, 9.17) is 0 Å². The van der Waals surface area contributed by atoms with Crippen molar-refractivity contribution in [3.8, 4) is 0 Å². The van der Waals surface area contributed by atoms with Gasteiger partial charge in [0.15, 0.2) is 9.84 Å². The summed E-state index contributed by atoms with van der Waals surface area (Å²) in [4.78, 5) is 14.5. The van der Waals surface area contributed by atoms with E-state index in [0.29, 0.717) is 24.8 Å². The molecule has 1 amide bonds. The number of carbonyl (C=O) groups is 1. The molecule has 2 unspecified atom stereocenters. The lowest BCUT2D eigenvalue weighted by molar-refractivity contribution is -0.132. The molecule has 2 rings (SSSR count). The normalized spacial score (nSPS) is 19.9. The molecule has 1 N–H and O–H groups in total. The van der Waals surface area contributed by atoms with Crippen LogP contribution in [0.5, 0.6) is 0 Å². The molecule has 0 bridgehead atoms. The van der Waals surface area contributed by atoms with Crippen molar-refractivity contribution in [2.24, 2.45) is 11.8 Å². The zero-order valence-electron chi connectivity index (χ0n) is 17.9. The van der Waals surface area contributed by atoms with Crippen molar-refractivity contribution in [1.82, 2.24) is 10.2 Å². The smallest absolute Gasteiger partial charge is 0.236 e. The Balaban J connectivity index is 2.01. The first-order valence-electron chi connectivity index (χ1n) is 10.4. The van der Waals surface area contributed by atoms with E-state index in [0.717, 1.165) is 6.42 Å². The van der Waals surface area contributed by atoms with Crippen molar-refractivity contribution in [2.75, 3.05) is 24.6 Å². The highest BCUT2D eigenvalue weighted by Gasteiger charge is 2.34. The van der Waals surface area contributed by atoms with Crippen LogP contribution in [-0.4, -0.2) is 49.9 Å². The summed E-state index contributed by atoms with van der Waals surface area (Å²) in [6, 6.07) is 8.56. The van der Waals surface area contributed by atoms with E-state index in [-0.39, 0.29) is 36.0 Å². The monoisotopic (exact) mass is 408 g/mol. The fraction of sp³-hybridized carbons (Fsp3) is 0.682. The quantitative estimate of drug-likeness (QED) is 0.681. The molecule has 28 heavy (non-hydrogen) atoms. The van der Waals surface area contributed by atoms with E-state index in [1.54, 1.807) is 4.90 Å². The standard InChI is InChI=1S/C22H36N2O3S/c1-6-24(20-11-12-28(26,27)15-20)21(25)14-23-22(17(4)5)19-9-7-18(8-10-19)13-16(2)3/h7-10,16-17,20,22-23H,6,11-15H2,1-5H3. The molecule has 0 aliphatic carbocycles. The van der Waals surface area contributed by atoms with E-state index in [2.05, 4.69) is 57.3 Å². The first kappa shape index (κ1) is 22.9. The molecule has 1 heterocycles. The van der Waals surface area contributed by atoms with E-state index in [1.165, 1.54) is 11.1 Å². The number of sulfone groups is 1. The van der Waals surface area contributed by atoms with E-state index < -0.39 is 9.84 Å². The average Bonchev–Trinajstić information content (AvgIpc) is 2.96. The molecule has 1 aliphatic heterocycles. The number of benzene rings is 1. The summed E-state index contributed by atoms with van der Waals surface area (Å²) in [6.07, 6.45) is 1.61. The molecule has 1 saturated heterocycles. The molecule has 0 spiro atoms. The highest BCUT2D eigenvalue weighted by molar-refractivity contribution is 7.91. The second-order valence-corrected chi connectivity index (χ2v) is 10.9. The third-order valence-corrected chi connectivity index (χ3v) is 7.18. The van der Waals surface area contributed by atoms with Crippen molar-refractivity contribution in [3.63, 3.8) is 0 Å². The maximum absolute atomic E-state index is 12.8. The number of hydrogen-bond acceptors (Lipinski definition) is 4. The van der Waals surface area contributed by atoms with Gasteiger partial charge in [-0.3, -0.25) is 4.79 Å². The molecule has 2 atom stereocenters. The van der Waals surface area contributed by atoms with Gasteiger partial charge in [0.25, 0.3) is 0 Å². The minimum Gasteiger partial charge on any atom is -0.338 e. The largest absolute Gasteiger partial charge is 0.338 e. The van der Waals surface area contributed by atoms with E-state index in [1.807, 2.05) is 6.92 Å². The van der Waals surface area contributed by atoms with Crippen molar-refractivity contribution in [1.29, 1.82) is 0 Å². The summed E-state index contributed by atoms with van der Waals surface area (Å²) >= 11 is 0. The van der Waals surface area contributed by atoms with Gasteiger partial charge < -0.3 is 10.2 Å². The Morgan fingerprint density at radius 1 is 1.18 bits per heavy atom. The van der Waals surface area contributed by atoms with Crippen LogP contribution < -0.4 is 5.32 Å². The molecule has 0 radical (unpaired) electrons. The first-order valence-corrected chi connectivity index (χ1v) is 12.3. The van der Waals surface area contributed by atoms with Gasteiger partial charge in [-0.1, -0.05) is 52.0 Å². The van der Waals surface area contributed by atoms with Gasteiger partial charge in [0.1, 0.15) is 0 Å². The Morgan fingerprint density at radius 3 is 2.29 bits per heavy atom. The number of nitrogens with one attached hydrogen (secondary N) is 1. The molecule has 5 nitrogen and oxygen atoms in total. The molecule has 1 fully saturated rings.